The lowest BCUT2D eigenvalue weighted by Gasteiger charge is -1.94. The summed E-state index contributed by atoms with van der Waals surface area (Å²) in [4.78, 5) is 24.4. The van der Waals surface area contributed by atoms with Gasteiger partial charge in [-0.05, 0) is 24.3 Å². The molecule has 0 unspecified atom stereocenters. The maximum Gasteiger partial charge on any atom is 0.352 e. The number of aromatic nitrogens is 1. The summed E-state index contributed by atoms with van der Waals surface area (Å²) in [5, 5.41) is 9.41. The molecular formula is C12H9FN2O3. The van der Waals surface area contributed by atoms with Crippen LogP contribution in [0.2, 0.25) is 0 Å². The van der Waals surface area contributed by atoms with Gasteiger partial charge >= 0.3 is 5.97 Å². The second-order valence-electron chi connectivity index (χ2n) is 3.64. The highest BCUT2D eigenvalue weighted by atomic mass is 19.1. The largest absolute Gasteiger partial charge is 0.477 e. The number of carboxylic acids is 1. The molecule has 0 bridgehead atoms. The van der Waals surface area contributed by atoms with Gasteiger partial charge in [0.15, 0.2) is 0 Å². The Morgan fingerprint density at radius 1 is 1.39 bits per heavy atom. The summed E-state index contributed by atoms with van der Waals surface area (Å²) in [6.45, 7) is 0. The van der Waals surface area contributed by atoms with E-state index in [0.29, 0.717) is 10.9 Å². The van der Waals surface area contributed by atoms with Crippen molar-refractivity contribution in [2.24, 2.45) is 5.73 Å². The Hall–Kier alpha value is -2.63. The number of aromatic amines is 1. The highest BCUT2D eigenvalue weighted by molar-refractivity contribution is 6.03. The lowest BCUT2D eigenvalue weighted by molar-refractivity contribution is -0.113. The molecule has 0 aliphatic rings. The highest BCUT2D eigenvalue weighted by Crippen LogP contribution is 2.24. The van der Waals surface area contributed by atoms with Crippen molar-refractivity contribution in [3.8, 4) is 0 Å². The van der Waals surface area contributed by atoms with Crippen molar-refractivity contribution in [1.29, 1.82) is 0 Å². The van der Waals surface area contributed by atoms with Crippen LogP contribution in [0.3, 0.4) is 0 Å². The number of amides is 1. The Balaban J connectivity index is 2.72. The average Bonchev–Trinajstić information content (AvgIpc) is 2.64. The summed E-state index contributed by atoms with van der Waals surface area (Å²) < 4.78 is 13.1. The van der Waals surface area contributed by atoms with Crippen LogP contribution in [0.15, 0.2) is 24.3 Å². The molecule has 0 aliphatic heterocycles. The summed E-state index contributed by atoms with van der Waals surface area (Å²) in [6.07, 6.45) is 2.28. The number of rotatable bonds is 3. The van der Waals surface area contributed by atoms with Gasteiger partial charge in [-0.1, -0.05) is 0 Å². The van der Waals surface area contributed by atoms with E-state index in [0.717, 1.165) is 6.08 Å². The molecule has 2 aromatic rings. The lowest BCUT2D eigenvalue weighted by atomic mass is 10.1. The number of fused-ring (bicyclic) bond motifs is 1. The van der Waals surface area contributed by atoms with Crippen molar-refractivity contribution >= 4 is 28.9 Å². The molecule has 5 nitrogen and oxygen atoms in total. The predicted molar refractivity (Wildman–Crippen MR) is 63.4 cm³/mol. The molecule has 0 fully saturated rings. The van der Waals surface area contributed by atoms with Gasteiger partial charge in [-0.3, -0.25) is 4.79 Å². The van der Waals surface area contributed by atoms with Gasteiger partial charge in [-0.2, -0.15) is 0 Å². The number of halogens is 1. The van der Waals surface area contributed by atoms with Crippen molar-refractivity contribution in [3.63, 3.8) is 0 Å². The highest BCUT2D eigenvalue weighted by Gasteiger charge is 2.15. The van der Waals surface area contributed by atoms with Crippen molar-refractivity contribution in [1.82, 2.24) is 4.98 Å². The summed E-state index contributed by atoms with van der Waals surface area (Å²) in [5.41, 5.74) is 5.52. The van der Waals surface area contributed by atoms with Gasteiger partial charge in [0, 0.05) is 22.5 Å². The molecule has 0 saturated heterocycles. The van der Waals surface area contributed by atoms with Gasteiger partial charge in [0.1, 0.15) is 11.5 Å². The number of carbonyl (C=O) groups excluding carboxylic acids is 1. The Morgan fingerprint density at radius 3 is 2.72 bits per heavy atom. The van der Waals surface area contributed by atoms with Crippen LogP contribution >= 0.6 is 0 Å². The minimum absolute atomic E-state index is 0.117. The minimum atomic E-state index is -1.20. The average molecular weight is 248 g/mol. The Kier molecular flexibility index (Phi) is 2.85. The van der Waals surface area contributed by atoms with Crippen LogP contribution in [0.4, 0.5) is 4.39 Å². The third-order valence-electron chi connectivity index (χ3n) is 2.43. The summed E-state index contributed by atoms with van der Waals surface area (Å²) in [5.74, 6) is -2.40. The monoisotopic (exact) mass is 248 g/mol. The van der Waals surface area contributed by atoms with E-state index in [1.807, 2.05) is 0 Å². The number of hydrogen-bond donors (Lipinski definition) is 3. The number of carbonyl (C=O) groups is 2. The van der Waals surface area contributed by atoms with E-state index >= 15 is 0 Å². The quantitative estimate of drug-likeness (QED) is 0.718. The molecule has 0 atom stereocenters. The van der Waals surface area contributed by atoms with E-state index in [1.54, 1.807) is 0 Å². The zero-order chi connectivity index (χ0) is 13.3. The molecule has 1 amide bonds. The van der Waals surface area contributed by atoms with E-state index in [1.165, 1.54) is 24.3 Å². The van der Waals surface area contributed by atoms with E-state index in [4.69, 9.17) is 10.8 Å². The van der Waals surface area contributed by atoms with E-state index < -0.39 is 17.7 Å². The number of primary amides is 1. The van der Waals surface area contributed by atoms with Gasteiger partial charge < -0.3 is 15.8 Å². The van der Waals surface area contributed by atoms with Crippen LogP contribution in [-0.2, 0) is 4.79 Å². The van der Waals surface area contributed by atoms with E-state index in [9.17, 15) is 14.0 Å². The Labute approximate surface area is 101 Å². The second kappa shape index (κ2) is 4.33. The number of aromatic carboxylic acids is 1. The van der Waals surface area contributed by atoms with E-state index in [2.05, 4.69) is 4.98 Å². The molecule has 1 heterocycles. The Bertz CT molecular complexity index is 673. The predicted octanol–water partition coefficient (Wildman–Crippen LogP) is 1.50. The first kappa shape index (κ1) is 11.8. The molecular weight excluding hydrogens is 239 g/mol. The van der Waals surface area contributed by atoms with Crippen LogP contribution in [0.25, 0.3) is 17.0 Å². The fraction of sp³-hybridized carbons (Fsp3) is 0. The maximum absolute atomic E-state index is 13.1. The van der Waals surface area contributed by atoms with Crippen LogP contribution in [0.1, 0.15) is 16.1 Å². The third kappa shape index (κ3) is 2.08. The molecule has 1 aromatic carbocycles. The van der Waals surface area contributed by atoms with Crippen molar-refractivity contribution < 1.29 is 19.1 Å². The number of benzene rings is 1. The summed E-state index contributed by atoms with van der Waals surface area (Å²) in [7, 11) is 0. The standard InChI is InChI=1S/C12H9FN2O3/c13-6-1-3-9-8(5-6)7(2-4-10(14)16)11(15-9)12(17)18/h1-5,15H,(H2,14,16)(H,17,18)/b4-2+. The van der Waals surface area contributed by atoms with Crippen LogP contribution in [0.5, 0.6) is 0 Å². The zero-order valence-corrected chi connectivity index (χ0v) is 9.11. The van der Waals surface area contributed by atoms with Gasteiger partial charge in [0.05, 0.1) is 0 Å². The molecule has 0 aliphatic carbocycles. The number of hydrogen-bond acceptors (Lipinski definition) is 2. The first-order chi connectivity index (χ1) is 8.49. The summed E-state index contributed by atoms with van der Waals surface area (Å²) in [6, 6.07) is 3.84. The molecule has 2 rings (SSSR count). The van der Waals surface area contributed by atoms with Gasteiger partial charge in [-0.25, -0.2) is 9.18 Å². The topological polar surface area (TPSA) is 96.2 Å². The molecule has 6 heteroatoms. The van der Waals surface area contributed by atoms with E-state index in [-0.39, 0.29) is 11.3 Å². The first-order valence-electron chi connectivity index (χ1n) is 5.01. The van der Waals surface area contributed by atoms with Gasteiger partial charge in [-0.15, -0.1) is 0 Å². The van der Waals surface area contributed by atoms with Crippen LogP contribution in [0, 0.1) is 5.82 Å². The molecule has 18 heavy (non-hydrogen) atoms. The molecule has 0 radical (unpaired) electrons. The number of carboxylic acid groups (broad SMARTS) is 1. The van der Waals surface area contributed by atoms with Crippen molar-refractivity contribution in [2.75, 3.05) is 0 Å². The fourth-order valence-electron chi connectivity index (χ4n) is 1.69. The van der Waals surface area contributed by atoms with Crippen molar-refractivity contribution in [3.05, 3.63) is 41.3 Å². The Morgan fingerprint density at radius 2 is 2.11 bits per heavy atom. The number of nitrogens with one attached hydrogen (secondary N) is 1. The number of nitrogens with two attached hydrogens (primary N) is 1. The number of H-pyrrole nitrogens is 1. The van der Waals surface area contributed by atoms with Crippen molar-refractivity contribution in [2.45, 2.75) is 0 Å². The normalized spacial score (nSPS) is 11.2. The molecule has 92 valence electrons. The minimum Gasteiger partial charge on any atom is -0.477 e. The molecule has 0 spiro atoms. The molecule has 1 aromatic heterocycles. The lowest BCUT2D eigenvalue weighted by Crippen LogP contribution is -2.05. The van der Waals surface area contributed by atoms with Gasteiger partial charge in [0.2, 0.25) is 5.91 Å². The second-order valence-corrected chi connectivity index (χ2v) is 3.64. The van der Waals surface area contributed by atoms with Crippen LogP contribution in [-0.4, -0.2) is 22.0 Å². The smallest absolute Gasteiger partial charge is 0.352 e. The maximum atomic E-state index is 13.1. The summed E-state index contributed by atoms with van der Waals surface area (Å²) >= 11 is 0. The van der Waals surface area contributed by atoms with Crippen LogP contribution < -0.4 is 5.73 Å². The third-order valence-corrected chi connectivity index (χ3v) is 2.43. The fourth-order valence-corrected chi connectivity index (χ4v) is 1.69. The molecule has 4 N–H and O–H groups in total. The zero-order valence-electron chi connectivity index (χ0n) is 9.11. The van der Waals surface area contributed by atoms with Gasteiger partial charge in [0.25, 0.3) is 0 Å². The SMILES string of the molecule is NC(=O)/C=C/c1c(C(=O)O)[nH]c2ccc(F)cc12. The molecule has 0 saturated carbocycles. The first-order valence-corrected chi connectivity index (χ1v) is 5.01.